The Morgan fingerprint density at radius 2 is 1.78 bits per heavy atom. The molecule has 0 spiro atoms. The van der Waals surface area contributed by atoms with Gasteiger partial charge in [0.2, 0.25) is 0 Å². The quantitative estimate of drug-likeness (QED) is 0.783. The second-order valence-corrected chi connectivity index (χ2v) is 14.1. The van der Waals surface area contributed by atoms with Gasteiger partial charge in [-0.1, -0.05) is 0 Å². The molecule has 0 aromatic rings. The molecule has 0 amide bonds. The Bertz CT molecular complexity index is 118. The van der Waals surface area contributed by atoms with E-state index in [0.717, 1.165) is 0 Å². The minimum absolute atomic E-state index is 0.380. The summed E-state index contributed by atoms with van der Waals surface area (Å²) < 4.78 is 3.85. The van der Waals surface area contributed by atoms with E-state index in [-0.39, 0.29) is 3.12 Å². The van der Waals surface area contributed by atoms with Gasteiger partial charge in [0.05, 0.1) is 0 Å². The molecule has 0 bridgehead atoms. The zero-order chi connectivity index (χ0) is 7.65. The van der Waals surface area contributed by atoms with Crippen LogP contribution in [0.5, 0.6) is 0 Å². The van der Waals surface area contributed by atoms with Gasteiger partial charge in [-0.2, -0.15) is 0 Å². The molecule has 3 heteroatoms. The van der Waals surface area contributed by atoms with Crippen LogP contribution < -0.4 is 0 Å². The Morgan fingerprint density at radius 3 is 1.78 bits per heavy atom. The van der Waals surface area contributed by atoms with Gasteiger partial charge < -0.3 is 0 Å². The molecular formula is C6H13BiO2. The number of carboxylic acids is 1. The summed E-state index contributed by atoms with van der Waals surface area (Å²) in [7, 11) is 0. The van der Waals surface area contributed by atoms with Crippen LogP contribution in [0.1, 0.15) is 13.8 Å². The number of carboxylic acid groups (broad SMARTS) is 1. The van der Waals surface area contributed by atoms with E-state index >= 15 is 0 Å². The molecule has 0 aromatic heterocycles. The first kappa shape index (κ1) is 9.35. The van der Waals surface area contributed by atoms with Crippen molar-refractivity contribution in [2.24, 2.45) is 0 Å². The van der Waals surface area contributed by atoms with Crippen LogP contribution in [0.3, 0.4) is 0 Å². The zero-order valence-corrected chi connectivity index (χ0v) is 9.78. The van der Waals surface area contributed by atoms with Crippen LogP contribution in [0, 0.1) is 0 Å². The maximum absolute atomic E-state index is 10.5. The van der Waals surface area contributed by atoms with E-state index in [0.29, 0.717) is 0 Å². The van der Waals surface area contributed by atoms with Gasteiger partial charge in [-0.3, -0.25) is 0 Å². The predicted molar refractivity (Wildman–Crippen MR) is 39.2 cm³/mol. The molecule has 0 heterocycles. The number of rotatable bonds is 2. The Labute approximate surface area is 63.9 Å². The first-order valence-electron chi connectivity index (χ1n) is 2.80. The van der Waals surface area contributed by atoms with Crippen LogP contribution in [0.15, 0.2) is 0 Å². The van der Waals surface area contributed by atoms with Crippen molar-refractivity contribution in [1.29, 1.82) is 0 Å². The molecule has 0 fully saturated rings. The Hall–Kier alpha value is 0.353. The summed E-state index contributed by atoms with van der Waals surface area (Å²) in [5, 5.41) is 8.66. The van der Waals surface area contributed by atoms with Gasteiger partial charge in [-0.15, -0.1) is 0 Å². The fourth-order valence-electron chi connectivity index (χ4n) is 0.191. The third-order valence-corrected chi connectivity index (χ3v) is 11.1. The van der Waals surface area contributed by atoms with Crippen molar-refractivity contribution >= 4 is 27.7 Å². The van der Waals surface area contributed by atoms with Crippen LogP contribution in [-0.2, 0) is 4.79 Å². The molecule has 2 nitrogen and oxygen atoms in total. The maximum atomic E-state index is 10.5. The monoisotopic (exact) mass is 326 g/mol. The Balaban J connectivity index is 4.19. The third-order valence-electron chi connectivity index (χ3n) is 1.64. The molecule has 54 valence electrons. The minimum atomic E-state index is -1.61. The Kier molecular flexibility index (Phi) is 3.08. The molecule has 1 N–H and O–H groups in total. The summed E-state index contributed by atoms with van der Waals surface area (Å²) in [6.45, 7) is 3.65. The fourth-order valence-corrected chi connectivity index (χ4v) is 1.68. The topological polar surface area (TPSA) is 37.3 Å². The van der Waals surface area contributed by atoms with Crippen LogP contribution in [0.2, 0.25) is 12.4 Å². The van der Waals surface area contributed by atoms with Crippen molar-refractivity contribution in [1.82, 2.24) is 0 Å². The van der Waals surface area contributed by atoms with E-state index in [4.69, 9.17) is 5.11 Å². The summed E-state index contributed by atoms with van der Waals surface area (Å²) >= 11 is -1.61. The number of hydrogen-bond donors (Lipinski definition) is 1. The molecule has 0 saturated heterocycles. The summed E-state index contributed by atoms with van der Waals surface area (Å²) in [5.74, 6) is -0.634. The normalized spacial score (nSPS) is 12.1. The third kappa shape index (κ3) is 2.21. The molecule has 0 rings (SSSR count). The van der Waals surface area contributed by atoms with E-state index < -0.39 is 27.7 Å². The van der Waals surface area contributed by atoms with Gasteiger partial charge in [0.1, 0.15) is 0 Å². The van der Waals surface area contributed by atoms with Crippen LogP contribution in [-0.4, -0.2) is 32.8 Å². The van der Waals surface area contributed by atoms with E-state index in [1.807, 2.05) is 13.8 Å². The number of hydrogen-bond acceptors (Lipinski definition) is 1. The van der Waals surface area contributed by atoms with Gasteiger partial charge in [0.25, 0.3) is 0 Å². The first-order valence-corrected chi connectivity index (χ1v) is 11.5. The summed E-state index contributed by atoms with van der Waals surface area (Å²) in [6.07, 6.45) is 0. The fraction of sp³-hybridized carbons (Fsp3) is 0.833. The molecule has 0 radical (unpaired) electrons. The summed E-state index contributed by atoms with van der Waals surface area (Å²) in [6, 6.07) is 0. The van der Waals surface area contributed by atoms with Crippen LogP contribution in [0.4, 0.5) is 0 Å². The molecule has 0 aliphatic rings. The number of carbonyl (C=O) groups is 1. The van der Waals surface area contributed by atoms with Crippen molar-refractivity contribution in [2.75, 3.05) is 0 Å². The van der Waals surface area contributed by atoms with Gasteiger partial charge in [-0.05, 0) is 0 Å². The van der Waals surface area contributed by atoms with Crippen molar-refractivity contribution < 1.29 is 9.90 Å². The second-order valence-electron chi connectivity index (χ2n) is 2.76. The first-order chi connectivity index (χ1) is 3.89. The molecule has 0 aromatic carbocycles. The van der Waals surface area contributed by atoms with Gasteiger partial charge in [-0.25, -0.2) is 0 Å². The van der Waals surface area contributed by atoms with Crippen LogP contribution >= 0.6 is 0 Å². The molecule has 0 aliphatic carbocycles. The van der Waals surface area contributed by atoms with E-state index in [1.165, 1.54) is 0 Å². The zero-order valence-electron chi connectivity index (χ0n) is 6.30. The summed E-state index contributed by atoms with van der Waals surface area (Å²) in [4.78, 5) is 10.5. The van der Waals surface area contributed by atoms with Gasteiger partial charge in [0, 0.05) is 0 Å². The molecule has 0 aliphatic heterocycles. The predicted octanol–water partition coefficient (Wildman–Crippen LogP) is 1.61. The average molecular weight is 326 g/mol. The van der Waals surface area contributed by atoms with E-state index in [2.05, 4.69) is 9.26 Å². The second kappa shape index (κ2) is 2.96. The van der Waals surface area contributed by atoms with Gasteiger partial charge in [0.15, 0.2) is 0 Å². The van der Waals surface area contributed by atoms with Crippen molar-refractivity contribution in [3.05, 3.63) is 0 Å². The average Bonchev–Trinajstić information content (AvgIpc) is 1.65. The number of aliphatic carboxylic acids is 1. The van der Waals surface area contributed by atoms with Crippen LogP contribution in [0.25, 0.3) is 0 Å². The van der Waals surface area contributed by atoms with Crippen molar-refractivity contribution in [3.63, 3.8) is 0 Å². The van der Waals surface area contributed by atoms with E-state index in [9.17, 15) is 4.79 Å². The van der Waals surface area contributed by atoms with Crippen molar-refractivity contribution in [2.45, 2.75) is 26.2 Å². The molecule has 0 atom stereocenters. The molecule has 0 unspecified atom stereocenters. The Morgan fingerprint density at radius 1 is 1.44 bits per heavy atom. The van der Waals surface area contributed by atoms with E-state index in [1.54, 1.807) is 0 Å². The molecule has 9 heavy (non-hydrogen) atoms. The summed E-state index contributed by atoms with van der Waals surface area (Å²) in [5.41, 5.74) is 0. The van der Waals surface area contributed by atoms with Crippen molar-refractivity contribution in [3.8, 4) is 0 Å². The standard InChI is InChI=1S/C4H7O2.2CH3.Bi/c1-3(2)4(5)6;;;/h1-2H3,(H,5,6);2*1H3;. The molecule has 0 saturated carbocycles. The SMILES string of the molecule is [CH3][Bi]([CH3])[C](C)(C)C(=O)O. The van der Waals surface area contributed by atoms with Gasteiger partial charge >= 0.3 is 63.9 Å². The molecular weight excluding hydrogens is 313 g/mol.